The quantitative estimate of drug-likeness (QED) is 0.375. The summed E-state index contributed by atoms with van der Waals surface area (Å²) in [6, 6.07) is 16.3. The molecule has 0 spiro atoms. The second-order valence-corrected chi connectivity index (χ2v) is 6.10. The lowest BCUT2D eigenvalue weighted by molar-refractivity contribution is 0.312. The van der Waals surface area contributed by atoms with E-state index in [0.29, 0.717) is 24.0 Å². The zero-order chi connectivity index (χ0) is 20.8. The van der Waals surface area contributed by atoms with Gasteiger partial charge in [0.15, 0.2) is 0 Å². The molecule has 30 heavy (non-hydrogen) atoms. The third-order valence-corrected chi connectivity index (χ3v) is 3.91. The molecule has 10 nitrogen and oxygen atoms in total. The largest absolute Gasteiger partial charge is 0.508 e. The molecule has 3 N–H and O–H groups in total. The lowest BCUT2D eigenvalue weighted by atomic mass is 10.2. The lowest BCUT2D eigenvalue weighted by Gasteiger charge is -2.09. The van der Waals surface area contributed by atoms with E-state index in [1.54, 1.807) is 24.3 Å². The van der Waals surface area contributed by atoms with E-state index < -0.39 is 0 Å². The molecule has 0 fully saturated rings. The summed E-state index contributed by atoms with van der Waals surface area (Å²) in [6.07, 6.45) is 0. The number of phenolic OH excluding ortho intramolecular Hbond substituents is 1. The Morgan fingerprint density at radius 2 is 1.70 bits per heavy atom. The highest BCUT2D eigenvalue weighted by molar-refractivity contribution is 5.56. The number of aromatic nitrogens is 5. The first-order valence-corrected chi connectivity index (χ1v) is 9.26. The fraction of sp³-hybridized carbons (Fsp3) is 0.150. The molecule has 0 aliphatic rings. The molecule has 0 aliphatic carbocycles. The van der Waals surface area contributed by atoms with E-state index in [1.165, 1.54) is 0 Å². The van der Waals surface area contributed by atoms with Gasteiger partial charge in [-0.2, -0.15) is 19.9 Å². The van der Waals surface area contributed by atoms with Crippen LogP contribution in [0.25, 0.3) is 11.4 Å². The number of nitrogens with zero attached hydrogens (tertiary/aromatic N) is 5. The van der Waals surface area contributed by atoms with Gasteiger partial charge in [0.2, 0.25) is 23.6 Å². The Morgan fingerprint density at radius 1 is 0.933 bits per heavy atom. The topological polar surface area (TPSA) is 131 Å². The number of anilines is 3. The highest BCUT2D eigenvalue weighted by atomic mass is 16.5. The molecule has 4 aromatic rings. The monoisotopic (exact) mass is 405 g/mol. The summed E-state index contributed by atoms with van der Waals surface area (Å²) in [6.45, 7) is 2.48. The summed E-state index contributed by atoms with van der Waals surface area (Å²) in [5.74, 6) is 1.64. The van der Waals surface area contributed by atoms with E-state index in [9.17, 15) is 5.11 Å². The standard InChI is InChI=1S/C20H19N7O3/c1-2-29-20-25-18(24-19(26-20)22-14-8-10-15(28)11-9-14)21-12-16-23-17(27-30-16)13-6-4-3-5-7-13/h3-11,28H,2,12H2,1H3,(H2,21,22,24,25,26). The van der Waals surface area contributed by atoms with Crippen molar-refractivity contribution in [3.05, 3.63) is 60.5 Å². The van der Waals surface area contributed by atoms with Gasteiger partial charge in [0, 0.05) is 11.3 Å². The smallest absolute Gasteiger partial charge is 0.323 e. The molecule has 0 radical (unpaired) electrons. The van der Waals surface area contributed by atoms with E-state index in [2.05, 4.69) is 35.7 Å². The Morgan fingerprint density at radius 3 is 2.47 bits per heavy atom. The van der Waals surface area contributed by atoms with Crippen LogP contribution in [0.5, 0.6) is 11.8 Å². The third kappa shape index (κ3) is 4.79. The number of phenols is 1. The minimum Gasteiger partial charge on any atom is -0.508 e. The van der Waals surface area contributed by atoms with Crippen molar-refractivity contribution in [1.29, 1.82) is 0 Å². The summed E-state index contributed by atoms with van der Waals surface area (Å²) >= 11 is 0. The lowest BCUT2D eigenvalue weighted by Crippen LogP contribution is -2.09. The maximum absolute atomic E-state index is 9.41. The number of hydrogen-bond donors (Lipinski definition) is 3. The van der Waals surface area contributed by atoms with Gasteiger partial charge in [-0.15, -0.1) is 0 Å². The Hall–Kier alpha value is -4.21. The van der Waals surface area contributed by atoms with Gasteiger partial charge in [-0.3, -0.25) is 0 Å². The van der Waals surface area contributed by atoms with Crippen LogP contribution in [0, 0.1) is 0 Å². The summed E-state index contributed by atoms with van der Waals surface area (Å²) in [5.41, 5.74) is 1.57. The van der Waals surface area contributed by atoms with Crippen LogP contribution in [0.15, 0.2) is 59.1 Å². The van der Waals surface area contributed by atoms with E-state index in [0.717, 1.165) is 5.56 Å². The van der Waals surface area contributed by atoms with Gasteiger partial charge in [0.25, 0.3) is 0 Å². The molecular weight excluding hydrogens is 386 g/mol. The molecule has 0 aliphatic heterocycles. The van der Waals surface area contributed by atoms with Crippen LogP contribution in [0.1, 0.15) is 12.8 Å². The number of rotatable bonds is 8. The maximum atomic E-state index is 9.41. The first-order chi connectivity index (χ1) is 14.7. The first-order valence-electron chi connectivity index (χ1n) is 9.26. The average molecular weight is 405 g/mol. The van der Waals surface area contributed by atoms with Crippen molar-refractivity contribution >= 4 is 17.6 Å². The Bertz CT molecular complexity index is 1100. The van der Waals surface area contributed by atoms with Gasteiger partial charge in [-0.1, -0.05) is 35.5 Å². The molecule has 0 saturated heterocycles. The fourth-order valence-electron chi connectivity index (χ4n) is 2.54. The predicted octanol–water partition coefficient (Wildman–Crippen LogP) is 3.38. The molecule has 0 amide bonds. The van der Waals surface area contributed by atoms with Crippen LogP contribution >= 0.6 is 0 Å². The Labute approximate surface area is 172 Å². The summed E-state index contributed by atoms with van der Waals surface area (Å²) in [4.78, 5) is 17.2. The molecule has 4 rings (SSSR count). The van der Waals surface area contributed by atoms with Crippen LogP contribution in [0.2, 0.25) is 0 Å². The van der Waals surface area contributed by atoms with Crippen molar-refractivity contribution in [3.63, 3.8) is 0 Å². The summed E-state index contributed by atoms with van der Waals surface area (Å²) in [5, 5.41) is 19.5. The minimum atomic E-state index is 0.169. The van der Waals surface area contributed by atoms with Gasteiger partial charge in [-0.25, -0.2) is 0 Å². The van der Waals surface area contributed by atoms with E-state index in [-0.39, 0.29) is 30.2 Å². The molecule has 0 unspecified atom stereocenters. The van der Waals surface area contributed by atoms with E-state index in [1.807, 2.05) is 37.3 Å². The number of ether oxygens (including phenoxy) is 1. The normalized spacial score (nSPS) is 10.6. The van der Waals surface area contributed by atoms with Gasteiger partial charge < -0.3 is 25.0 Å². The summed E-state index contributed by atoms with van der Waals surface area (Å²) < 4.78 is 10.7. The van der Waals surface area contributed by atoms with Crippen molar-refractivity contribution in [3.8, 4) is 23.1 Å². The van der Waals surface area contributed by atoms with Crippen molar-refractivity contribution in [1.82, 2.24) is 25.1 Å². The molecule has 2 aromatic carbocycles. The molecule has 0 bridgehead atoms. The number of benzene rings is 2. The van der Waals surface area contributed by atoms with Crippen LogP contribution in [-0.2, 0) is 6.54 Å². The highest BCUT2D eigenvalue weighted by Gasteiger charge is 2.11. The second kappa shape index (κ2) is 8.86. The Kier molecular flexibility index (Phi) is 5.65. The van der Waals surface area contributed by atoms with Gasteiger partial charge >= 0.3 is 6.01 Å². The minimum absolute atomic E-state index is 0.169. The fourth-order valence-corrected chi connectivity index (χ4v) is 2.54. The SMILES string of the molecule is CCOc1nc(NCc2nc(-c3ccccc3)no2)nc(Nc2ccc(O)cc2)n1. The molecule has 2 heterocycles. The van der Waals surface area contributed by atoms with E-state index in [4.69, 9.17) is 9.26 Å². The first kappa shape index (κ1) is 19.1. The van der Waals surface area contributed by atoms with Gasteiger partial charge in [-0.05, 0) is 31.2 Å². The number of hydrogen-bond acceptors (Lipinski definition) is 10. The zero-order valence-corrected chi connectivity index (χ0v) is 16.1. The van der Waals surface area contributed by atoms with Crippen LogP contribution in [0.3, 0.4) is 0 Å². The van der Waals surface area contributed by atoms with Crippen molar-refractivity contribution in [2.75, 3.05) is 17.2 Å². The molecule has 2 aromatic heterocycles. The molecular formula is C20H19N7O3. The average Bonchev–Trinajstić information content (AvgIpc) is 3.24. The van der Waals surface area contributed by atoms with Gasteiger partial charge in [0.1, 0.15) is 5.75 Å². The second-order valence-electron chi connectivity index (χ2n) is 6.10. The summed E-state index contributed by atoms with van der Waals surface area (Å²) in [7, 11) is 0. The number of nitrogens with one attached hydrogen (secondary N) is 2. The van der Waals surface area contributed by atoms with Crippen molar-refractivity contribution in [2.45, 2.75) is 13.5 Å². The molecule has 152 valence electrons. The van der Waals surface area contributed by atoms with Gasteiger partial charge in [0.05, 0.1) is 13.2 Å². The van der Waals surface area contributed by atoms with Crippen LogP contribution in [0.4, 0.5) is 17.6 Å². The number of aromatic hydroxyl groups is 1. The molecule has 0 saturated carbocycles. The predicted molar refractivity (Wildman–Crippen MR) is 109 cm³/mol. The van der Waals surface area contributed by atoms with Crippen LogP contribution < -0.4 is 15.4 Å². The third-order valence-electron chi connectivity index (χ3n) is 3.91. The Balaban J connectivity index is 1.48. The van der Waals surface area contributed by atoms with Crippen molar-refractivity contribution in [2.24, 2.45) is 0 Å². The maximum Gasteiger partial charge on any atom is 0.323 e. The zero-order valence-electron chi connectivity index (χ0n) is 16.1. The molecule has 10 heteroatoms. The van der Waals surface area contributed by atoms with Crippen molar-refractivity contribution < 1.29 is 14.4 Å². The van der Waals surface area contributed by atoms with E-state index >= 15 is 0 Å². The molecule has 0 atom stereocenters. The highest BCUT2D eigenvalue weighted by Crippen LogP contribution is 2.20. The van der Waals surface area contributed by atoms with Crippen LogP contribution in [-0.4, -0.2) is 36.8 Å².